The molecule has 0 atom stereocenters. The zero-order valence-corrected chi connectivity index (χ0v) is 34.0. The van der Waals surface area contributed by atoms with E-state index in [0.29, 0.717) is 0 Å². The lowest BCUT2D eigenvalue weighted by molar-refractivity contribution is 0.477. The van der Waals surface area contributed by atoms with Crippen LogP contribution in [-0.4, -0.2) is 4.57 Å². The molecule has 2 aliphatic heterocycles. The number of fused-ring (bicyclic) bond motifs is 7. The molecule has 0 saturated heterocycles. The second-order valence-corrected chi connectivity index (χ2v) is 16.6. The predicted molar refractivity (Wildman–Crippen MR) is 253 cm³/mol. The minimum Gasteiger partial charge on any atom is -0.453 e. The molecule has 10 aromatic rings. The van der Waals surface area contributed by atoms with Crippen molar-refractivity contribution < 1.29 is 4.74 Å². The monoisotopic (exact) mass is 783 g/mol. The van der Waals surface area contributed by atoms with Crippen LogP contribution in [0.1, 0.15) is 25.0 Å². The first-order chi connectivity index (χ1) is 30.0. The fourth-order valence-electron chi connectivity index (χ4n) is 9.77. The molecule has 12 rings (SSSR count). The summed E-state index contributed by atoms with van der Waals surface area (Å²) in [6.45, 7) is 4.69. The van der Waals surface area contributed by atoms with Crippen molar-refractivity contribution in [3.05, 3.63) is 223 Å². The van der Waals surface area contributed by atoms with Gasteiger partial charge in [0, 0.05) is 33.2 Å². The van der Waals surface area contributed by atoms with Gasteiger partial charge >= 0.3 is 0 Å². The Balaban J connectivity index is 0.964. The van der Waals surface area contributed by atoms with Crippen molar-refractivity contribution >= 4 is 55.9 Å². The van der Waals surface area contributed by atoms with Crippen LogP contribution in [0.5, 0.6) is 11.5 Å². The highest BCUT2D eigenvalue weighted by Gasteiger charge is 2.37. The molecule has 0 unspecified atom stereocenters. The number of ether oxygens (including phenoxy) is 1. The highest BCUT2D eigenvalue weighted by molar-refractivity contribution is 6.10. The second kappa shape index (κ2) is 13.6. The quantitative estimate of drug-likeness (QED) is 0.173. The number of benzene rings is 9. The minimum absolute atomic E-state index is 0.211. The Morgan fingerprint density at radius 2 is 0.803 bits per heavy atom. The average Bonchev–Trinajstić information content (AvgIpc) is 3.65. The van der Waals surface area contributed by atoms with Crippen molar-refractivity contribution in [3.8, 4) is 39.4 Å². The summed E-state index contributed by atoms with van der Waals surface area (Å²) in [5.74, 6) is 1.64. The van der Waals surface area contributed by atoms with Gasteiger partial charge in [-0.2, -0.15) is 0 Å². The topological polar surface area (TPSA) is 20.6 Å². The van der Waals surface area contributed by atoms with Gasteiger partial charge in [0.25, 0.3) is 0 Å². The Morgan fingerprint density at radius 3 is 1.46 bits per heavy atom. The largest absolute Gasteiger partial charge is 0.453 e. The predicted octanol–water partition coefficient (Wildman–Crippen LogP) is 15.8. The van der Waals surface area contributed by atoms with Crippen LogP contribution in [0.25, 0.3) is 49.7 Å². The van der Waals surface area contributed by atoms with Gasteiger partial charge < -0.3 is 19.1 Å². The summed E-state index contributed by atoms with van der Waals surface area (Å²) in [7, 11) is 0. The Morgan fingerprint density at radius 1 is 0.344 bits per heavy atom. The maximum Gasteiger partial charge on any atom is 0.152 e. The van der Waals surface area contributed by atoms with E-state index in [1.165, 1.54) is 44.3 Å². The molecular weight excluding hydrogens is 743 g/mol. The molecule has 0 bridgehead atoms. The fraction of sp³-hybridized carbons (Fsp3) is 0.0526. The van der Waals surface area contributed by atoms with Crippen molar-refractivity contribution in [2.45, 2.75) is 19.3 Å². The van der Waals surface area contributed by atoms with Crippen molar-refractivity contribution in [2.24, 2.45) is 0 Å². The van der Waals surface area contributed by atoms with Crippen molar-refractivity contribution in [2.75, 3.05) is 9.80 Å². The van der Waals surface area contributed by atoms with E-state index >= 15 is 0 Å². The van der Waals surface area contributed by atoms with Crippen molar-refractivity contribution in [1.82, 2.24) is 4.57 Å². The molecule has 4 heteroatoms. The molecule has 290 valence electrons. The summed E-state index contributed by atoms with van der Waals surface area (Å²) in [6, 6.07) is 76.5. The first-order valence-corrected chi connectivity index (χ1v) is 21.0. The zero-order valence-electron chi connectivity index (χ0n) is 34.0. The van der Waals surface area contributed by atoms with Gasteiger partial charge in [-0.15, -0.1) is 0 Å². The van der Waals surface area contributed by atoms with E-state index in [4.69, 9.17) is 4.74 Å². The summed E-state index contributed by atoms with van der Waals surface area (Å²) in [4.78, 5) is 4.73. The molecule has 2 aliphatic rings. The van der Waals surface area contributed by atoms with Gasteiger partial charge in [0.15, 0.2) is 11.5 Å². The fourth-order valence-corrected chi connectivity index (χ4v) is 9.77. The molecule has 0 N–H and O–H groups in total. The summed E-state index contributed by atoms with van der Waals surface area (Å²) in [6.07, 6.45) is 0. The molecule has 0 spiro atoms. The van der Waals surface area contributed by atoms with Crippen LogP contribution in [0.4, 0.5) is 34.1 Å². The summed E-state index contributed by atoms with van der Waals surface area (Å²) >= 11 is 0. The molecule has 1 aromatic heterocycles. The molecule has 61 heavy (non-hydrogen) atoms. The first-order valence-electron chi connectivity index (χ1n) is 21.0. The highest BCUT2D eigenvalue weighted by atomic mass is 16.5. The molecule has 3 heterocycles. The molecule has 0 aliphatic carbocycles. The third-order valence-corrected chi connectivity index (χ3v) is 12.7. The van der Waals surface area contributed by atoms with Gasteiger partial charge in [-0.3, -0.25) is 0 Å². The number of hydrogen-bond acceptors (Lipinski definition) is 3. The van der Waals surface area contributed by atoms with Crippen LogP contribution in [0, 0.1) is 0 Å². The third-order valence-electron chi connectivity index (χ3n) is 12.7. The number of aromatic nitrogens is 1. The molecule has 9 aromatic carbocycles. The molecule has 0 amide bonds. The van der Waals surface area contributed by atoms with Gasteiger partial charge in [-0.1, -0.05) is 129 Å². The lowest BCUT2D eigenvalue weighted by Gasteiger charge is -2.42. The molecule has 4 nitrogen and oxygen atoms in total. The van der Waals surface area contributed by atoms with Gasteiger partial charge in [0.05, 0.1) is 33.8 Å². The Bertz CT molecular complexity index is 3310. The van der Waals surface area contributed by atoms with Gasteiger partial charge in [0.1, 0.15) is 0 Å². The van der Waals surface area contributed by atoms with Crippen molar-refractivity contribution in [3.63, 3.8) is 0 Å². The highest BCUT2D eigenvalue weighted by Crippen LogP contribution is 2.55. The summed E-state index contributed by atoms with van der Waals surface area (Å²) in [5.41, 5.74) is 17.1. The lowest BCUT2D eigenvalue weighted by Crippen LogP contribution is -2.30. The van der Waals surface area contributed by atoms with E-state index in [0.717, 1.165) is 62.2 Å². The van der Waals surface area contributed by atoms with Crippen LogP contribution < -0.4 is 14.5 Å². The maximum absolute atomic E-state index is 6.99. The lowest BCUT2D eigenvalue weighted by atomic mass is 9.73. The van der Waals surface area contributed by atoms with Gasteiger partial charge in [-0.05, 0) is 130 Å². The molecular formula is C57H41N3O. The van der Waals surface area contributed by atoms with Crippen LogP contribution in [0.2, 0.25) is 0 Å². The molecule has 0 saturated carbocycles. The Kier molecular flexibility index (Phi) is 7.85. The van der Waals surface area contributed by atoms with Crippen LogP contribution >= 0.6 is 0 Å². The van der Waals surface area contributed by atoms with E-state index < -0.39 is 0 Å². The number of rotatable bonds is 5. The zero-order chi connectivity index (χ0) is 40.7. The third kappa shape index (κ3) is 5.53. The van der Waals surface area contributed by atoms with E-state index in [-0.39, 0.29) is 5.41 Å². The van der Waals surface area contributed by atoms with E-state index in [1.54, 1.807) is 0 Å². The van der Waals surface area contributed by atoms with E-state index in [1.807, 2.05) is 0 Å². The number of anilines is 6. The normalized spacial score (nSPS) is 13.6. The standard InChI is InChI=1S/C57H41N3O/c1-57(2)47-23-13-15-25-51(47)59(43-18-8-4-9-19-43)52-31-27-39(35-48(52)57)41-29-33-54-56(37-41)61-55-36-40(28-32-53(55)60(54)44-20-10-5-11-21-44)38-26-30-50-46(34-38)45-22-12-14-24-49(45)58(50)42-16-6-3-7-17-42/h3-37H,1-2H3. The minimum atomic E-state index is -0.211. The summed E-state index contributed by atoms with van der Waals surface area (Å²) < 4.78 is 9.35. The molecule has 0 radical (unpaired) electrons. The Labute approximate surface area is 355 Å². The molecule has 0 fully saturated rings. The first kappa shape index (κ1) is 35.2. The average molecular weight is 784 g/mol. The maximum atomic E-state index is 6.99. The number of para-hydroxylation sites is 5. The van der Waals surface area contributed by atoms with E-state index in [9.17, 15) is 0 Å². The second-order valence-electron chi connectivity index (χ2n) is 16.6. The SMILES string of the molecule is CC1(C)c2ccccc2N(c2ccccc2)c2ccc(-c3ccc4c(c3)Oc3cc(-c5ccc6c(c5)c5ccccc5n6-c5ccccc5)ccc3N4c3ccccc3)cc21. The van der Waals surface area contributed by atoms with Crippen LogP contribution in [-0.2, 0) is 5.41 Å². The van der Waals surface area contributed by atoms with E-state index in [2.05, 4.69) is 241 Å². The van der Waals surface area contributed by atoms with Gasteiger partial charge in [-0.25, -0.2) is 0 Å². The summed E-state index contributed by atoms with van der Waals surface area (Å²) in [5, 5.41) is 2.46. The van der Waals surface area contributed by atoms with Crippen LogP contribution in [0.3, 0.4) is 0 Å². The van der Waals surface area contributed by atoms with Crippen molar-refractivity contribution in [1.29, 1.82) is 0 Å². The van der Waals surface area contributed by atoms with Crippen LogP contribution in [0.15, 0.2) is 212 Å². The number of hydrogen-bond donors (Lipinski definition) is 0. The smallest absolute Gasteiger partial charge is 0.152 e. The Hall–Kier alpha value is -7.82. The van der Waals surface area contributed by atoms with Gasteiger partial charge in [0.2, 0.25) is 0 Å². The number of nitrogens with zero attached hydrogens (tertiary/aromatic N) is 3.